The summed E-state index contributed by atoms with van der Waals surface area (Å²) < 4.78 is 0. The number of hydrogen-bond donors (Lipinski definition) is 1. The summed E-state index contributed by atoms with van der Waals surface area (Å²) in [5.74, 6) is 0. The van der Waals surface area contributed by atoms with E-state index in [1.165, 1.54) is 19.3 Å². The summed E-state index contributed by atoms with van der Waals surface area (Å²) in [6, 6.07) is 5.79. The second-order valence-electron chi connectivity index (χ2n) is 5.63. The summed E-state index contributed by atoms with van der Waals surface area (Å²) in [7, 11) is 1.72. The minimum absolute atomic E-state index is 0.128. The zero-order valence-electron chi connectivity index (χ0n) is 13.6. The molecule has 0 spiro atoms. The van der Waals surface area contributed by atoms with E-state index in [-0.39, 0.29) is 10.6 Å². The Morgan fingerprint density at radius 2 is 2.05 bits per heavy atom. The van der Waals surface area contributed by atoms with E-state index in [9.17, 15) is 10.1 Å². The van der Waals surface area contributed by atoms with Crippen molar-refractivity contribution in [1.29, 1.82) is 0 Å². The predicted molar refractivity (Wildman–Crippen MR) is 87.7 cm³/mol. The zero-order valence-corrected chi connectivity index (χ0v) is 13.6. The molecule has 118 valence electrons. The van der Waals surface area contributed by atoms with Crippen LogP contribution in [-0.4, -0.2) is 29.5 Å². The number of anilines is 1. The molecule has 0 saturated heterocycles. The third kappa shape index (κ3) is 5.34. The second-order valence-corrected chi connectivity index (χ2v) is 5.63. The topological polar surface area (TPSA) is 58.4 Å². The lowest BCUT2D eigenvalue weighted by molar-refractivity contribution is -0.384. The molecule has 0 aliphatic rings. The van der Waals surface area contributed by atoms with Gasteiger partial charge in [-0.3, -0.25) is 15.0 Å². The Labute approximate surface area is 127 Å². The standard InChI is InChI=1S/C16H27N3O2/c1-5-6-7-10-18(13(2)3)12-14-8-9-16(19(20)21)15(11-14)17-4/h8-9,11,13,17H,5-7,10,12H2,1-4H3. The molecule has 1 rings (SSSR count). The van der Waals surface area contributed by atoms with Gasteiger partial charge in [0.25, 0.3) is 5.69 Å². The maximum atomic E-state index is 11.0. The summed E-state index contributed by atoms with van der Waals surface area (Å²) in [6.45, 7) is 8.48. The van der Waals surface area contributed by atoms with Gasteiger partial charge in [-0.15, -0.1) is 0 Å². The van der Waals surface area contributed by atoms with Gasteiger partial charge in [0.05, 0.1) is 4.92 Å². The maximum Gasteiger partial charge on any atom is 0.292 e. The Balaban J connectivity index is 2.81. The fourth-order valence-electron chi connectivity index (χ4n) is 2.36. The lowest BCUT2D eigenvalue weighted by atomic mass is 10.1. The molecule has 1 aromatic carbocycles. The van der Waals surface area contributed by atoms with Gasteiger partial charge >= 0.3 is 0 Å². The van der Waals surface area contributed by atoms with Crippen LogP contribution in [0.15, 0.2) is 18.2 Å². The predicted octanol–water partition coefficient (Wildman–Crippen LogP) is 4.04. The molecule has 5 nitrogen and oxygen atoms in total. The van der Waals surface area contributed by atoms with Gasteiger partial charge < -0.3 is 5.32 Å². The van der Waals surface area contributed by atoms with Crippen molar-refractivity contribution in [3.05, 3.63) is 33.9 Å². The van der Waals surface area contributed by atoms with E-state index < -0.39 is 0 Å². The van der Waals surface area contributed by atoms with E-state index >= 15 is 0 Å². The molecular weight excluding hydrogens is 266 g/mol. The highest BCUT2D eigenvalue weighted by atomic mass is 16.6. The number of nitro benzene ring substituents is 1. The van der Waals surface area contributed by atoms with Gasteiger partial charge in [-0.1, -0.05) is 25.8 Å². The quantitative estimate of drug-likeness (QED) is 0.424. The van der Waals surface area contributed by atoms with Gasteiger partial charge in [0.15, 0.2) is 0 Å². The van der Waals surface area contributed by atoms with E-state index in [0.717, 1.165) is 18.7 Å². The fourth-order valence-corrected chi connectivity index (χ4v) is 2.36. The Hall–Kier alpha value is -1.62. The second kappa shape index (κ2) is 8.62. The summed E-state index contributed by atoms with van der Waals surface area (Å²) in [4.78, 5) is 13.0. The first-order chi connectivity index (χ1) is 9.99. The molecule has 0 fully saturated rings. The molecule has 0 bridgehead atoms. The maximum absolute atomic E-state index is 11.0. The number of nitro groups is 1. The van der Waals surface area contributed by atoms with E-state index in [0.29, 0.717) is 11.7 Å². The van der Waals surface area contributed by atoms with Gasteiger partial charge in [-0.25, -0.2) is 0 Å². The smallest absolute Gasteiger partial charge is 0.292 e. The van der Waals surface area contributed by atoms with E-state index in [4.69, 9.17) is 0 Å². The molecule has 0 saturated carbocycles. The zero-order chi connectivity index (χ0) is 15.8. The Morgan fingerprint density at radius 3 is 2.57 bits per heavy atom. The molecule has 1 N–H and O–H groups in total. The minimum Gasteiger partial charge on any atom is -0.383 e. The largest absolute Gasteiger partial charge is 0.383 e. The first kappa shape index (κ1) is 17.4. The first-order valence-corrected chi connectivity index (χ1v) is 7.68. The monoisotopic (exact) mass is 293 g/mol. The van der Waals surface area contributed by atoms with Crippen molar-refractivity contribution in [1.82, 2.24) is 4.90 Å². The van der Waals surface area contributed by atoms with Crippen LogP contribution in [-0.2, 0) is 6.54 Å². The van der Waals surface area contributed by atoms with Crippen LogP contribution < -0.4 is 5.32 Å². The van der Waals surface area contributed by atoms with Crippen molar-refractivity contribution in [3.8, 4) is 0 Å². The van der Waals surface area contributed by atoms with Gasteiger partial charge in [0.1, 0.15) is 5.69 Å². The van der Waals surface area contributed by atoms with Gasteiger partial charge in [0, 0.05) is 25.7 Å². The van der Waals surface area contributed by atoms with Gasteiger partial charge in [0.2, 0.25) is 0 Å². The van der Waals surface area contributed by atoms with Gasteiger partial charge in [-0.05, 0) is 38.4 Å². The molecule has 0 amide bonds. The van der Waals surface area contributed by atoms with Crippen LogP contribution in [0.3, 0.4) is 0 Å². The lowest BCUT2D eigenvalue weighted by Crippen LogP contribution is -2.31. The Bertz CT molecular complexity index is 461. The number of unbranched alkanes of at least 4 members (excludes halogenated alkanes) is 2. The lowest BCUT2D eigenvalue weighted by Gasteiger charge is -2.26. The molecule has 0 radical (unpaired) electrons. The van der Waals surface area contributed by atoms with Crippen molar-refractivity contribution in [3.63, 3.8) is 0 Å². The average molecular weight is 293 g/mol. The average Bonchev–Trinajstić information content (AvgIpc) is 2.45. The van der Waals surface area contributed by atoms with Crippen molar-refractivity contribution in [2.24, 2.45) is 0 Å². The number of nitrogens with one attached hydrogen (secondary N) is 1. The van der Waals surface area contributed by atoms with E-state index in [1.54, 1.807) is 13.1 Å². The third-order valence-electron chi connectivity index (χ3n) is 3.69. The molecule has 0 aliphatic carbocycles. The first-order valence-electron chi connectivity index (χ1n) is 7.68. The number of hydrogen-bond acceptors (Lipinski definition) is 4. The summed E-state index contributed by atoms with van der Waals surface area (Å²) in [6.07, 6.45) is 3.65. The normalized spacial score (nSPS) is 11.1. The van der Waals surface area contributed by atoms with Crippen LogP contribution in [0.1, 0.15) is 45.6 Å². The highest BCUT2D eigenvalue weighted by Gasteiger charge is 2.15. The molecule has 5 heteroatoms. The summed E-state index contributed by atoms with van der Waals surface area (Å²) in [5, 5.41) is 13.9. The highest BCUT2D eigenvalue weighted by Crippen LogP contribution is 2.25. The number of rotatable bonds is 9. The summed E-state index contributed by atoms with van der Waals surface area (Å²) >= 11 is 0. The number of benzene rings is 1. The SMILES string of the molecule is CCCCCN(Cc1ccc([N+](=O)[O-])c(NC)c1)C(C)C. The van der Waals surface area contributed by atoms with Crippen molar-refractivity contribution >= 4 is 11.4 Å². The van der Waals surface area contributed by atoms with Crippen LogP contribution in [0.2, 0.25) is 0 Å². The van der Waals surface area contributed by atoms with E-state index in [1.807, 2.05) is 12.1 Å². The molecule has 0 unspecified atom stereocenters. The minimum atomic E-state index is -0.350. The van der Waals surface area contributed by atoms with Crippen LogP contribution in [0, 0.1) is 10.1 Å². The van der Waals surface area contributed by atoms with Gasteiger partial charge in [-0.2, -0.15) is 0 Å². The molecular formula is C16H27N3O2. The van der Waals surface area contributed by atoms with Crippen molar-refractivity contribution in [2.75, 3.05) is 18.9 Å². The fraction of sp³-hybridized carbons (Fsp3) is 0.625. The molecule has 0 heterocycles. The molecule has 0 atom stereocenters. The van der Waals surface area contributed by atoms with Crippen molar-refractivity contribution < 1.29 is 4.92 Å². The Morgan fingerprint density at radius 1 is 1.33 bits per heavy atom. The molecule has 0 aromatic heterocycles. The van der Waals surface area contributed by atoms with Crippen LogP contribution in [0.4, 0.5) is 11.4 Å². The Kier molecular flexibility index (Phi) is 7.15. The van der Waals surface area contributed by atoms with Crippen LogP contribution in [0.5, 0.6) is 0 Å². The summed E-state index contributed by atoms with van der Waals surface area (Å²) in [5.41, 5.74) is 1.81. The highest BCUT2D eigenvalue weighted by molar-refractivity contribution is 5.62. The molecule has 0 aliphatic heterocycles. The van der Waals surface area contributed by atoms with Crippen molar-refractivity contribution in [2.45, 2.75) is 52.6 Å². The molecule has 21 heavy (non-hydrogen) atoms. The van der Waals surface area contributed by atoms with Crippen LogP contribution >= 0.6 is 0 Å². The third-order valence-corrected chi connectivity index (χ3v) is 3.69. The van der Waals surface area contributed by atoms with E-state index in [2.05, 4.69) is 31.0 Å². The number of nitrogens with zero attached hydrogens (tertiary/aromatic N) is 2. The molecule has 1 aromatic rings. The van der Waals surface area contributed by atoms with Crippen LogP contribution in [0.25, 0.3) is 0 Å².